The van der Waals surface area contributed by atoms with Crippen LogP contribution in [0, 0.1) is 6.92 Å². The van der Waals surface area contributed by atoms with Gasteiger partial charge in [-0.25, -0.2) is 4.79 Å². The third-order valence-electron chi connectivity index (χ3n) is 4.98. The number of carbonyl (C=O) groups excluding carboxylic acids is 2. The molecule has 0 unspecified atom stereocenters. The van der Waals surface area contributed by atoms with E-state index in [0.29, 0.717) is 51.0 Å². The van der Waals surface area contributed by atoms with Crippen LogP contribution in [0.4, 0.5) is 0 Å². The van der Waals surface area contributed by atoms with Crippen molar-refractivity contribution in [3.05, 3.63) is 100 Å². The minimum absolute atomic E-state index is 0.153. The standard InChI is InChI=1S/C27H21ClO5/c1-3-31-21-12-14-25-23(16-21)26(17(2)32-25)27(30)33-22-6-4-5-18(15-22)7-13-24(29)19-8-10-20(28)11-9-19/h4-16H,3H2,1-2H3/b13-7+. The molecule has 1 aromatic heterocycles. The van der Waals surface area contributed by atoms with Crippen molar-refractivity contribution in [2.24, 2.45) is 0 Å². The molecule has 0 spiro atoms. The maximum atomic E-state index is 13.0. The highest BCUT2D eigenvalue weighted by atomic mass is 35.5. The van der Waals surface area contributed by atoms with Gasteiger partial charge in [-0.2, -0.15) is 0 Å². The predicted octanol–water partition coefficient (Wildman–Crippen LogP) is 6.91. The second kappa shape index (κ2) is 9.76. The molecule has 0 amide bonds. The fourth-order valence-corrected chi connectivity index (χ4v) is 3.56. The molecule has 0 bridgehead atoms. The van der Waals surface area contributed by atoms with Crippen LogP contribution in [0.2, 0.25) is 5.02 Å². The summed E-state index contributed by atoms with van der Waals surface area (Å²) >= 11 is 5.87. The van der Waals surface area contributed by atoms with E-state index in [4.69, 9.17) is 25.5 Å². The van der Waals surface area contributed by atoms with E-state index in [-0.39, 0.29) is 5.78 Å². The molecular formula is C27H21ClO5. The van der Waals surface area contributed by atoms with Crippen LogP contribution in [0.1, 0.15) is 39.0 Å². The maximum Gasteiger partial charge on any atom is 0.347 e. The first-order valence-electron chi connectivity index (χ1n) is 10.4. The number of halogens is 1. The number of hydrogen-bond acceptors (Lipinski definition) is 5. The first-order chi connectivity index (χ1) is 15.9. The second-order valence-corrected chi connectivity index (χ2v) is 7.73. The molecule has 0 radical (unpaired) electrons. The van der Waals surface area contributed by atoms with Gasteiger partial charge in [-0.1, -0.05) is 29.8 Å². The van der Waals surface area contributed by atoms with Crippen molar-refractivity contribution in [3.63, 3.8) is 0 Å². The third kappa shape index (κ3) is 5.16. The molecule has 6 heteroatoms. The van der Waals surface area contributed by atoms with E-state index in [9.17, 15) is 9.59 Å². The first kappa shape index (κ1) is 22.4. The fourth-order valence-electron chi connectivity index (χ4n) is 3.43. The summed E-state index contributed by atoms with van der Waals surface area (Å²) in [6, 6.07) is 18.9. The first-order valence-corrected chi connectivity index (χ1v) is 10.8. The molecule has 0 aliphatic rings. The summed E-state index contributed by atoms with van der Waals surface area (Å²) in [7, 11) is 0. The average molecular weight is 461 g/mol. The Kier molecular flexibility index (Phi) is 6.61. The largest absolute Gasteiger partial charge is 0.494 e. The average Bonchev–Trinajstić information content (AvgIpc) is 3.13. The Morgan fingerprint density at radius 2 is 1.79 bits per heavy atom. The van der Waals surface area contributed by atoms with Crippen LogP contribution in [-0.2, 0) is 0 Å². The lowest BCUT2D eigenvalue weighted by atomic mass is 10.1. The monoisotopic (exact) mass is 460 g/mol. The zero-order valence-corrected chi connectivity index (χ0v) is 18.9. The molecule has 0 N–H and O–H groups in total. The molecule has 4 rings (SSSR count). The molecule has 166 valence electrons. The molecule has 0 fully saturated rings. The number of furan rings is 1. The van der Waals surface area contributed by atoms with Crippen LogP contribution in [0.15, 0.2) is 77.2 Å². The lowest BCUT2D eigenvalue weighted by Crippen LogP contribution is -2.09. The Morgan fingerprint density at radius 1 is 1.00 bits per heavy atom. The minimum Gasteiger partial charge on any atom is -0.494 e. The quantitative estimate of drug-likeness (QED) is 0.130. The van der Waals surface area contributed by atoms with E-state index in [1.807, 2.05) is 13.0 Å². The molecule has 33 heavy (non-hydrogen) atoms. The lowest BCUT2D eigenvalue weighted by molar-refractivity contribution is 0.0734. The predicted molar refractivity (Wildman–Crippen MR) is 128 cm³/mol. The van der Waals surface area contributed by atoms with Crippen LogP contribution in [0.5, 0.6) is 11.5 Å². The van der Waals surface area contributed by atoms with Gasteiger partial charge in [0.15, 0.2) is 5.78 Å². The number of aryl methyl sites for hydroxylation is 1. The second-order valence-electron chi connectivity index (χ2n) is 7.29. The summed E-state index contributed by atoms with van der Waals surface area (Å²) in [5, 5.41) is 1.20. The summed E-state index contributed by atoms with van der Waals surface area (Å²) in [5.41, 5.74) is 2.19. The SMILES string of the molecule is CCOc1ccc2oc(C)c(C(=O)Oc3cccc(/C=C/C(=O)c4ccc(Cl)cc4)c3)c2c1. The Labute approximate surface area is 196 Å². The third-order valence-corrected chi connectivity index (χ3v) is 5.23. The Bertz CT molecular complexity index is 1350. The van der Waals surface area contributed by atoms with Crippen molar-refractivity contribution in [1.29, 1.82) is 0 Å². The van der Waals surface area contributed by atoms with Crippen LogP contribution in [-0.4, -0.2) is 18.4 Å². The van der Waals surface area contributed by atoms with E-state index in [1.165, 1.54) is 6.08 Å². The van der Waals surface area contributed by atoms with E-state index < -0.39 is 5.97 Å². The highest BCUT2D eigenvalue weighted by Gasteiger charge is 2.21. The number of fused-ring (bicyclic) bond motifs is 1. The topological polar surface area (TPSA) is 65.7 Å². The van der Waals surface area contributed by atoms with Crippen LogP contribution >= 0.6 is 11.6 Å². The Balaban J connectivity index is 1.53. The Hall–Kier alpha value is -3.83. The van der Waals surface area contributed by atoms with Crippen molar-refractivity contribution in [1.82, 2.24) is 0 Å². The summed E-state index contributed by atoms with van der Waals surface area (Å²) in [6.45, 7) is 4.13. The van der Waals surface area contributed by atoms with Gasteiger partial charge in [-0.15, -0.1) is 0 Å². The number of allylic oxidation sites excluding steroid dienone is 1. The van der Waals surface area contributed by atoms with Crippen molar-refractivity contribution in [2.75, 3.05) is 6.61 Å². The molecule has 1 heterocycles. The van der Waals surface area contributed by atoms with Gasteiger partial charge in [0.2, 0.25) is 0 Å². The number of rotatable bonds is 7. The van der Waals surface area contributed by atoms with Gasteiger partial charge < -0.3 is 13.9 Å². The van der Waals surface area contributed by atoms with Gasteiger partial charge in [0.05, 0.1) is 6.61 Å². The lowest BCUT2D eigenvalue weighted by Gasteiger charge is -2.06. The molecule has 0 saturated carbocycles. The number of ether oxygens (including phenoxy) is 2. The Morgan fingerprint density at radius 3 is 2.55 bits per heavy atom. The van der Waals surface area contributed by atoms with E-state index in [1.54, 1.807) is 73.7 Å². The number of carbonyl (C=O) groups is 2. The number of ketones is 1. The van der Waals surface area contributed by atoms with Crippen molar-refractivity contribution >= 4 is 40.4 Å². The molecule has 3 aromatic carbocycles. The smallest absolute Gasteiger partial charge is 0.347 e. The number of hydrogen-bond donors (Lipinski definition) is 0. The molecule has 4 aromatic rings. The van der Waals surface area contributed by atoms with Crippen LogP contribution in [0.25, 0.3) is 17.0 Å². The molecular weight excluding hydrogens is 440 g/mol. The number of benzene rings is 3. The molecule has 0 atom stereocenters. The van der Waals surface area contributed by atoms with E-state index in [0.717, 1.165) is 5.56 Å². The van der Waals surface area contributed by atoms with Gasteiger partial charge in [0, 0.05) is 16.0 Å². The summed E-state index contributed by atoms with van der Waals surface area (Å²) in [4.78, 5) is 25.3. The molecule has 0 aliphatic heterocycles. The zero-order chi connectivity index (χ0) is 23.4. The number of esters is 1. The highest BCUT2D eigenvalue weighted by Crippen LogP contribution is 2.30. The fraction of sp³-hybridized carbons (Fsp3) is 0.111. The molecule has 0 saturated heterocycles. The van der Waals surface area contributed by atoms with Gasteiger partial charge in [0.25, 0.3) is 0 Å². The van der Waals surface area contributed by atoms with Crippen LogP contribution in [0.3, 0.4) is 0 Å². The van der Waals surface area contributed by atoms with Gasteiger partial charge in [0.1, 0.15) is 28.4 Å². The summed E-state index contributed by atoms with van der Waals surface area (Å²) < 4.78 is 16.9. The van der Waals surface area contributed by atoms with Gasteiger partial charge >= 0.3 is 5.97 Å². The normalized spacial score (nSPS) is 11.1. The van der Waals surface area contributed by atoms with Crippen molar-refractivity contribution in [3.8, 4) is 11.5 Å². The zero-order valence-electron chi connectivity index (χ0n) is 18.1. The van der Waals surface area contributed by atoms with Crippen molar-refractivity contribution < 1.29 is 23.5 Å². The maximum absolute atomic E-state index is 13.0. The summed E-state index contributed by atoms with van der Waals surface area (Å²) in [6.07, 6.45) is 3.13. The molecule has 5 nitrogen and oxygen atoms in total. The highest BCUT2D eigenvalue weighted by molar-refractivity contribution is 6.30. The minimum atomic E-state index is -0.529. The summed E-state index contributed by atoms with van der Waals surface area (Å²) in [5.74, 6) is 0.791. The van der Waals surface area contributed by atoms with E-state index >= 15 is 0 Å². The molecule has 0 aliphatic carbocycles. The van der Waals surface area contributed by atoms with E-state index in [2.05, 4.69) is 0 Å². The van der Waals surface area contributed by atoms with Crippen molar-refractivity contribution in [2.45, 2.75) is 13.8 Å². The van der Waals surface area contributed by atoms with Crippen LogP contribution < -0.4 is 9.47 Å². The van der Waals surface area contributed by atoms with Gasteiger partial charge in [-0.05, 0) is 80.1 Å². The van der Waals surface area contributed by atoms with Gasteiger partial charge in [-0.3, -0.25) is 4.79 Å².